The molecule has 0 aliphatic rings. The van der Waals surface area contributed by atoms with Gasteiger partial charge < -0.3 is 14.4 Å². The quantitative estimate of drug-likeness (QED) is 0.572. The Morgan fingerprint density at radius 2 is 1.93 bits per heavy atom. The fraction of sp³-hybridized carbons (Fsp3) is 0.250. The maximum Gasteiger partial charge on any atom is 0.242 e. The second-order valence-electron chi connectivity index (χ2n) is 6.35. The van der Waals surface area contributed by atoms with E-state index in [9.17, 15) is 4.79 Å². The Hall–Kier alpha value is -2.84. The molecule has 9 heteroatoms. The minimum absolute atomic E-state index is 0.0517. The van der Waals surface area contributed by atoms with E-state index in [1.165, 1.54) is 0 Å². The molecule has 0 fully saturated rings. The predicted molar refractivity (Wildman–Crippen MR) is 114 cm³/mol. The van der Waals surface area contributed by atoms with Crippen molar-refractivity contribution in [3.05, 3.63) is 57.8 Å². The number of hydrogen-bond donors (Lipinski definition) is 1. The summed E-state index contributed by atoms with van der Waals surface area (Å²) in [5.41, 5.74) is 1.66. The number of nitrogens with one attached hydrogen (secondary N) is 1. The fourth-order valence-electron chi connectivity index (χ4n) is 2.96. The van der Waals surface area contributed by atoms with Crippen LogP contribution in [0.1, 0.15) is 5.56 Å². The van der Waals surface area contributed by atoms with Gasteiger partial charge in [-0.3, -0.25) is 14.5 Å². The standard InChI is InChI=1S/C20H21ClN4O3S/c1-24(11-14-5-4-6-16(27-2)18(14)28-3)17(26)12-25-19(22-23-20(25)29)13-7-9-15(21)10-8-13/h4-10H,11-12H2,1-3H3,(H,23,29). The van der Waals surface area contributed by atoms with Crippen molar-refractivity contribution in [2.45, 2.75) is 13.1 Å². The average Bonchev–Trinajstić information content (AvgIpc) is 3.08. The number of rotatable bonds is 7. The molecule has 0 unspecified atom stereocenters. The smallest absolute Gasteiger partial charge is 0.242 e. The van der Waals surface area contributed by atoms with Gasteiger partial charge in [-0.05, 0) is 42.5 Å². The van der Waals surface area contributed by atoms with Gasteiger partial charge in [0, 0.05) is 29.7 Å². The second kappa shape index (κ2) is 9.11. The Labute approximate surface area is 178 Å². The Balaban J connectivity index is 1.80. The Bertz CT molecular complexity index is 1060. The van der Waals surface area contributed by atoms with Crippen LogP contribution in [-0.2, 0) is 17.9 Å². The van der Waals surface area contributed by atoms with Crippen LogP contribution in [0.15, 0.2) is 42.5 Å². The molecule has 2 aromatic carbocycles. The zero-order valence-electron chi connectivity index (χ0n) is 16.3. The van der Waals surface area contributed by atoms with Gasteiger partial charge in [-0.25, -0.2) is 0 Å². The molecule has 0 saturated heterocycles. The predicted octanol–water partition coefficient (Wildman–Crippen LogP) is 3.94. The van der Waals surface area contributed by atoms with Crippen LogP contribution < -0.4 is 9.47 Å². The average molecular weight is 433 g/mol. The van der Waals surface area contributed by atoms with Gasteiger partial charge in [0.25, 0.3) is 0 Å². The lowest BCUT2D eigenvalue weighted by molar-refractivity contribution is -0.131. The van der Waals surface area contributed by atoms with Gasteiger partial charge in [-0.1, -0.05) is 23.7 Å². The molecule has 0 saturated carbocycles. The molecular weight excluding hydrogens is 412 g/mol. The first-order chi connectivity index (χ1) is 13.9. The first-order valence-corrected chi connectivity index (χ1v) is 9.58. The van der Waals surface area contributed by atoms with Gasteiger partial charge in [-0.2, -0.15) is 5.10 Å². The molecule has 152 valence electrons. The number of H-pyrrole nitrogens is 1. The summed E-state index contributed by atoms with van der Waals surface area (Å²) < 4.78 is 12.8. The van der Waals surface area contributed by atoms with Crippen molar-refractivity contribution in [2.75, 3.05) is 21.3 Å². The van der Waals surface area contributed by atoms with Crippen LogP contribution in [-0.4, -0.2) is 46.8 Å². The lowest BCUT2D eigenvalue weighted by atomic mass is 10.1. The minimum atomic E-state index is -0.123. The molecule has 0 atom stereocenters. The number of para-hydroxylation sites is 1. The van der Waals surface area contributed by atoms with Crippen molar-refractivity contribution >= 4 is 29.7 Å². The molecule has 0 radical (unpaired) electrons. The van der Waals surface area contributed by atoms with E-state index >= 15 is 0 Å². The molecule has 3 aromatic rings. The van der Waals surface area contributed by atoms with Gasteiger partial charge in [0.2, 0.25) is 5.91 Å². The maximum atomic E-state index is 12.9. The van der Waals surface area contributed by atoms with E-state index in [1.807, 2.05) is 30.3 Å². The Morgan fingerprint density at radius 3 is 2.59 bits per heavy atom. The SMILES string of the molecule is COc1cccc(CN(C)C(=O)Cn2c(-c3ccc(Cl)cc3)n[nH]c2=S)c1OC. The van der Waals surface area contributed by atoms with Gasteiger partial charge in [0.05, 0.1) is 14.2 Å². The van der Waals surface area contributed by atoms with E-state index in [1.54, 1.807) is 42.9 Å². The van der Waals surface area contributed by atoms with E-state index in [4.69, 9.17) is 33.3 Å². The van der Waals surface area contributed by atoms with Crippen LogP contribution in [0.25, 0.3) is 11.4 Å². The van der Waals surface area contributed by atoms with Crippen LogP contribution in [0.4, 0.5) is 0 Å². The molecule has 3 rings (SSSR count). The maximum absolute atomic E-state index is 12.9. The van der Waals surface area contributed by atoms with E-state index in [-0.39, 0.29) is 12.5 Å². The number of amides is 1. The normalized spacial score (nSPS) is 10.6. The van der Waals surface area contributed by atoms with Crippen LogP contribution in [0.5, 0.6) is 11.5 Å². The third-order valence-electron chi connectivity index (χ3n) is 4.47. The van der Waals surface area contributed by atoms with E-state index < -0.39 is 0 Å². The van der Waals surface area contributed by atoms with Crippen molar-refractivity contribution in [1.82, 2.24) is 19.7 Å². The first-order valence-electron chi connectivity index (χ1n) is 8.79. The number of hydrogen-bond acceptors (Lipinski definition) is 5. The van der Waals surface area contributed by atoms with Crippen LogP contribution >= 0.6 is 23.8 Å². The third kappa shape index (κ3) is 4.60. The largest absolute Gasteiger partial charge is 0.493 e. The third-order valence-corrected chi connectivity index (χ3v) is 5.04. The van der Waals surface area contributed by atoms with Gasteiger partial charge in [-0.15, -0.1) is 0 Å². The first kappa shape index (κ1) is 20.9. The lowest BCUT2D eigenvalue weighted by Gasteiger charge is -2.20. The highest BCUT2D eigenvalue weighted by atomic mass is 35.5. The fourth-order valence-corrected chi connectivity index (χ4v) is 3.28. The van der Waals surface area contributed by atoms with Crippen LogP contribution in [0, 0.1) is 4.77 Å². The van der Waals surface area contributed by atoms with Crippen molar-refractivity contribution in [2.24, 2.45) is 0 Å². The molecule has 1 heterocycles. The second-order valence-corrected chi connectivity index (χ2v) is 7.17. The van der Waals surface area contributed by atoms with Crippen molar-refractivity contribution < 1.29 is 14.3 Å². The highest BCUT2D eigenvalue weighted by molar-refractivity contribution is 7.71. The lowest BCUT2D eigenvalue weighted by Crippen LogP contribution is -2.30. The number of carbonyl (C=O) groups is 1. The molecule has 0 bridgehead atoms. The van der Waals surface area contributed by atoms with E-state index in [0.717, 1.165) is 11.1 Å². The number of nitrogens with zero attached hydrogens (tertiary/aromatic N) is 3. The van der Waals surface area contributed by atoms with E-state index in [2.05, 4.69) is 10.2 Å². The van der Waals surface area contributed by atoms with Crippen LogP contribution in [0.3, 0.4) is 0 Å². The summed E-state index contributed by atoms with van der Waals surface area (Å²) in [6, 6.07) is 12.8. The monoisotopic (exact) mass is 432 g/mol. The number of benzene rings is 2. The summed E-state index contributed by atoms with van der Waals surface area (Å²) in [5.74, 6) is 1.68. The number of aromatic amines is 1. The van der Waals surface area contributed by atoms with Gasteiger partial charge >= 0.3 is 0 Å². The Morgan fingerprint density at radius 1 is 1.21 bits per heavy atom. The molecule has 1 amide bonds. The number of likely N-dealkylation sites (N-methyl/N-ethyl adjacent to an activating group) is 1. The Kier molecular flexibility index (Phi) is 6.56. The number of ether oxygens (including phenoxy) is 2. The molecule has 1 aromatic heterocycles. The molecule has 1 N–H and O–H groups in total. The molecule has 7 nitrogen and oxygen atoms in total. The minimum Gasteiger partial charge on any atom is -0.493 e. The van der Waals surface area contributed by atoms with E-state index in [0.29, 0.717) is 33.7 Å². The summed E-state index contributed by atoms with van der Waals surface area (Å²) >= 11 is 11.3. The topological polar surface area (TPSA) is 72.4 Å². The summed E-state index contributed by atoms with van der Waals surface area (Å²) in [4.78, 5) is 14.5. The van der Waals surface area contributed by atoms with Crippen molar-refractivity contribution in [3.63, 3.8) is 0 Å². The number of aromatic nitrogens is 3. The van der Waals surface area contributed by atoms with Crippen molar-refractivity contribution in [1.29, 1.82) is 0 Å². The molecule has 0 aliphatic heterocycles. The summed E-state index contributed by atoms with van der Waals surface area (Å²) in [6.07, 6.45) is 0. The highest BCUT2D eigenvalue weighted by Gasteiger charge is 2.18. The highest BCUT2D eigenvalue weighted by Crippen LogP contribution is 2.31. The molecule has 29 heavy (non-hydrogen) atoms. The zero-order valence-corrected chi connectivity index (χ0v) is 17.9. The molecule has 0 aliphatic carbocycles. The van der Waals surface area contributed by atoms with Crippen LogP contribution in [0.2, 0.25) is 5.02 Å². The van der Waals surface area contributed by atoms with Gasteiger partial charge in [0.1, 0.15) is 6.54 Å². The van der Waals surface area contributed by atoms with Crippen molar-refractivity contribution in [3.8, 4) is 22.9 Å². The molecule has 0 spiro atoms. The molecular formula is C20H21ClN4O3S. The number of halogens is 1. The zero-order chi connectivity index (χ0) is 21.0. The summed E-state index contributed by atoms with van der Waals surface area (Å²) in [5, 5.41) is 7.63. The van der Waals surface area contributed by atoms with Gasteiger partial charge in [0.15, 0.2) is 22.1 Å². The number of methoxy groups -OCH3 is 2. The number of carbonyl (C=O) groups excluding carboxylic acids is 1. The summed E-state index contributed by atoms with van der Waals surface area (Å²) in [6.45, 7) is 0.413. The summed E-state index contributed by atoms with van der Waals surface area (Å²) in [7, 11) is 4.88.